The molecule has 1 saturated carbocycles. The van der Waals surface area contributed by atoms with E-state index in [-0.39, 0.29) is 5.82 Å². The maximum Gasteiger partial charge on any atom is 0.416 e. The Balaban J connectivity index is 1.42. The lowest BCUT2D eigenvalue weighted by Gasteiger charge is -2.28. The molecule has 1 aliphatic carbocycles. The fraction of sp³-hybridized carbons (Fsp3) is 0.448. The standard InChI is InChI=1S/C29H32F4/c1-2-3-4-20-5-7-21(8-6-20)9-10-22-11-17-27-24(19-22)14-18-26(28(27)30)23-12-15-25(16-13-23)29(31,32)33/h11-21H,2-10H2,1H3/t20-,21-. The number of unbranched alkanes of at least 4 members (excludes halogenated alkanes) is 1. The molecule has 0 unspecified atom stereocenters. The lowest BCUT2D eigenvalue weighted by atomic mass is 9.78. The van der Waals surface area contributed by atoms with Crippen molar-refractivity contribution in [1.29, 1.82) is 0 Å². The first-order valence-corrected chi connectivity index (χ1v) is 12.2. The Morgan fingerprint density at radius 1 is 0.818 bits per heavy atom. The molecule has 0 aromatic heterocycles. The van der Waals surface area contributed by atoms with Crippen LogP contribution in [0.1, 0.15) is 69.4 Å². The van der Waals surface area contributed by atoms with Gasteiger partial charge in [-0.15, -0.1) is 0 Å². The number of hydrogen-bond acceptors (Lipinski definition) is 0. The SMILES string of the molecule is CCCC[C@H]1CC[C@H](CCc2ccc3c(F)c(-c4ccc(C(F)(F)F)cc4)ccc3c2)CC1. The van der Waals surface area contributed by atoms with Gasteiger partial charge < -0.3 is 0 Å². The minimum absolute atomic E-state index is 0.323. The minimum atomic E-state index is -4.40. The Kier molecular flexibility index (Phi) is 7.41. The van der Waals surface area contributed by atoms with Crippen LogP contribution >= 0.6 is 0 Å². The predicted octanol–water partition coefficient (Wildman–Crippen LogP) is 9.59. The van der Waals surface area contributed by atoms with E-state index in [1.54, 1.807) is 6.07 Å². The highest BCUT2D eigenvalue weighted by molar-refractivity contribution is 5.88. The zero-order valence-electron chi connectivity index (χ0n) is 19.2. The van der Waals surface area contributed by atoms with Gasteiger partial charge in [0.25, 0.3) is 0 Å². The first-order valence-electron chi connectivity index (χ1n) is 12.2. The van der Waals surface area contributed by atoms with E-state index in [4.69, 9.17) is 0 Å². The molecule has 0 heterocycles. The fourth-order valence-electron chi connectivity index (χ4n) is 5.23. The van der Waals surface area contributed by atoms with Crippen molar-refractivity contribution in [2.24, 2.45) is 11.8 Å². The van der Waals surface area contributed by atoms with Gasteiger partial charge in [-0.2, -0.15) is 13.2 Å². The van der Waals surface area contributed by atoms with E-state index in [0.717, 1.165) is 35.8 Å². The zero-order valence-corrected chi connectivity index (χ0v) is 19.2. The normalized spacial score (nSPS) is 19.2. The van der Waals surface area contributed by atoms with Crippen LogP contribution < -0.4 is 0 Å². The van der Waals surface area contributed by atoms with Gasteiger partial charge in [0, 0.05) is 10.9 Å². The Morgan fingerprint density at radius 3 is 2.12 bits per heavy atom. The molecule has 1 aliphatic rings. The molecule has 3 aromatic rings. The maximum absolute atomic E-state index is 15.2. The van der Waals surface area contributed by atoms with Crippen LogP contribution in [0.4, 0.5) is 17.6 Å². The predicted molar refractivity (Wildman–Crippen MR) is 128 cm³/mol. The molecule has 0 nitrogen and oxygen atoms in total. The number of rotatable bonds is 7. The summed E-state index contributed by atoms with van der Waals surface area (Å²) in [5.41, 5.74) is 1.26. The average Bonchev–Trinajstić information content (AvgIpc) is 2.82. The monoisotopic (exact) mass is 456 g/mol. The van der Waals surface area contributed by atoms with Gasteiger partial charge in [-0.1, -0.05) is 94.3 Å². The summed E-state index contributed by atoms with van der Waals surface area (Å²) in [6.45, 7) is 2.26. The smallest absolute Gasteiger partial charge is 0.206 e. The van der Waals surface area contributed by atoms with Crippen molar-refractivity contribution in [3.05, 3.63) is 71.5 Å². The molecule has 0 saturated heterocycles. The summed E-state index contributed by atoms with van der Waals surface area (Å²) in [6, 6.07) is 14.1. The second-order valence-corrected chi connectivity index (χ2v) is 9.63. The van der Waals surface area contributed by atoms with Crippen LogP contribution in [0.3, 0.4) is 0 Å². The van der Waals surface area contributed by atoms with Crippen LogP contribution in [0.15, 0.2) is 54.6 Å². The molecule has 0 amide bonds. The number of benzene rings is 3. The van der Waals surface area contributed by atoms with Crippen molar-refractivity contribution >= 4 is 10.8 Å². The molecule has 4 rings (SSSR count). The van der Waals surface area contributed by atoms with E-state index in [1.807, 2.05) is 18.2 Å². The highest BCUT2D eigenvalue weighted by Gasteiger charge is 2.30. The second-order valence-electron chi connectivity index (χ2n) is 9.63. The van der Waals surface area contributed by atoms with Crippen molar-refractivity contribution in [3.8, 4) is 11.1 Å². The van der Waals surface area contributed by atoms with Crippen LogP contribution in [0.25, 0.3) is 21.9 Å². The topological polar surface area (TPSA) is 0 Å². The molecule has 3 aromatic carbocycles. The van der Waals surface area contributed by atoms with Crippen LogP contribution in [-0.4, -0.2) is 0 Å². The number of halogens is 4. The molecule has 176 valence electrons. The fourth-order valence-corrected chi connectivity index (χ4v) is 5.23. The van der Waals surface area contributed by atoms with E-state index < -0.39 is 11.7 Å². The van der Waals surface area contributed by atoms with Crippen molar-refractivity contribution in [1.82, 2.24) is 0 Å². The Bertz CT molecular complexity index is 1060. The Labute approximate surface area is 194 Å². The summed E-state index contributed by atoms with van der Waals surface area (Å²) < 4.78 is 53.7. The summed E-state index contributed by atoms with van der Waals surface area (Å²) in [7, 11) is 0. The first-order chi connectivity index (χ1) is 15.8. The van der Waals surface area contributed by atoms with Crippen LogP contribution in [0.5, 0.6) is 0 Å². The summed E-state index contributed by atoms with van der Waals surface area (Å²) in [4.78, 5) is 0. The van der Waals surface area contributed by atoms with Gasteiger partial charge in [0.05, 0.1) is 5.56 Å². The van der Waals surface area contributed by atoms with E-state index in [1.165, 1.54) is 69.1 Å². The Morgan fingerprint density at radius 2 is 1.48 bits per heavy atom. The van der Waals surface area contributed by atoms with Gasteiger partial charge in [-0.3, -0.25) is 0 Å². The number of fused-ring (bicyclic) bond motifs is 1. The summed E-state index contributed by atoms with van der Waals surface area (Å²) >= 11 is 0. The van der Waals surface area contributed by atoms with Gasteiger partial charge in [0.1, 0.15) is 5.82 Å². The lowest BCUT2D eigenvalue weighted by Crippen LogP contribution is -2.15. The van der Waals surface area contributed by atoms with Crippen molar-refractivity contribution in [3.63, 3.8) is 0 Å². The average molecular weight is 457 g/mol. The van der Waals surface area contributed by atoms with Crippen molar-refractivity contribution in [2.75, 3.05) is 0 Å². The Hall–Kier alpha value is -2.36. The zero-order chi connectivity index (χ0) is 23.4. The molecule has 0 bridgehead atoms. The minimum Gasteiger partial charge on any atom is -0.206 e. The van der Waals surface area contributed by atoms with Crippen LogP contribution in [-0.2, 0) is 12.6 Å². The maximum atomic E-state index is 15.2. The van der Waals surface area contributed by atoms with Gasteiger partial charge in [-0.25, -0.2) is 4.39 Å². The third-order valence-corrected chi connectivity index (χ3v) is 7.32. The van der Waals surface area contributed by atoms with Crippen LogP contribution in [0, 0.1) is 17.7 Å². The van der Waals surface area contributed by atoms with Crippen molar-refractivity contribution in [2.45, 2.75) is 70.9 Å². The number of alkyl halides is 3. The first kappa shape index (κ1) is 23.8. The molecule has 4 heteroatoms. The van der Waals surface area contributed by atoms with Gasteiger partial charge >= 0.3 is 6.18 Å². The van der Waals surface area contributed by atoms with Crippen LogP contribution in [0.2, 0.25) is 0 Å². The molecular formula is C29H32F4. The second kappa shape index (κ2) is 10.3. The molecule has 0 aliphatic heterocycles. The summed E-state index contributed by atoms with van der Waals surface area (Å²) in [6.07, 6.45) is 7.18. The molecule has 33 heavy (non-hydrogen) atoms. The van der Waals surface area contributed by atoms with E-state index in [0.29, 0.717) is 16.5 Å². The highest BCUT2D eigenvalue weighted by atomic mass is 19.4. The molecule has 0 spiro atoms. The van der Waals surface area contributed by atoms with Gasteiger partial charge in [0.15, 0.2) is 0 Å². The molecule has 0 N–H and O–H groups in total. The third-order valence-electron chi connectivity index (χ3n) is 7.32. The number of hydrogen-bond donors (Lipinski definition) is 0. The summed E-state index contributed by atoms with van der Waals surface area (Å²) in [5, 5.41) is 1.34. The van der Waals surface area contributed by atoms with Gasteiger partial charge in [-0.05, 0) is 53.3 Å². The largest absolute Gasteiger partial charge is 0.416 e. The summed E-state index contributed by atoms with van der Waals surface area (Å²) in [5.74, 6) is 1.32. The highest BCUT2D eigenvalue weighted by Crippen LogP contribution is 2.36. The quantitative estimate of drug-likeness (QED) is 0.310. The van der Waals surface area contributed by atoms with E-state index >= 15 is 4.39 Å². The van der Waals surface area contributed by atoms with Crippen molar-refractivity contribution < 1.29 is 17.6 Å². The van der Waals surface area contributed by atoms with E-state index in [2.05, 4.69) is 13.0 Å². The number of aryl methyl sites for hydroxylation is 1. The third kappa shape index (κ3) is 5.77. The molecular weight excluding hydrogens is 424 g/mol. The van der Waals surface area contributed by atoms with Gasteiger partial charge in [0.2, 0.25) is 0 Å². The molecule has 1 fully saturated rings. The molecule has 0 atom stereocenters. The lowest BCUT2D eigenvalue weighted by molar-refractivity contribution is -0.137. The molecule has 0 radical (unpaired) electrons. The van der Waals surface area contributed by atoms with E-state index in [9.17, 15) is 13.2 Å².